The highest BCUT2D eigenvalue weighted by Crippen LogP contribution is 2.47. The molecule has 0 N–H and O–H groups in total. The number of carbonyl (C=O) groups excluding carboxylic acids is 1. The zero-order valence-corrected chi connectivity index (χ0v) is 19.8. The lowest BCUT2D eigenvalue weighted by Gasteiger charge is -2.48. The van der Waals surface area contributed by atoms with Gasteiger partial charge in [-0.25, -0.2) is 14.2 Å². The molecule has 0 unspecified atom stereocenters. The third-order valence-electron chi connectivity index (χ3n) is 7.66. The van der Waals surface area contributed by atoms with Gasteiger partial charge in [0, 0.05) is 74.1 Å². The van der Waals surface area contributed by atoms with Crippen LogP contribution in [-0.2, 0) is 4.74 Å². The molecule has 1 atom stereocenters. The van der Waals surface area contributed by atoms with Gasteiger partial charge in [0.15, 0.2) is 0 Å². The average molecular weight is 472 g/mol. The van der Waals surface area contributed by atoms with Gasteiger partial charge in [0.1, 0.15) is 5.82 Å². The number of likely N-dealkylation sites (tertiary alicyclic amines) is 1. The van der Waals surface area contributed by atoms with Crippen molar-refractivity contribution >= 4 is 11.8 Å². The van der Waals surface area contributed by atoms with Crippen molar-refractivity contribution in [2.24, 2.45) is 5.41 Å². The average Bonchev–Trinajstić information content (AvgIpc) is 3.26. The molecule has 0 radical (unpaired) electrons. The molecule has 1 aliphatic carbocycles. The van der Waals surface area contributed by atoms with Crippen LogP contribution in [0.3, 0.4) is 0 Å². The summed E-state index contributed by atoms with van der Waals surface area (Å²) >= 11 is 0. The van der Waals surface area contributed by atoms with Crippen molar-refractivity contribution in [2.45, 2.75) is 39.2 Å². The molecule has 34 heavy (non-hydrogen) atoms. The highest BCUT2D eigenvalue weighted by atomic mass is 19.1. The molecule has 0 bridgehead atoms. The highest BCUT2D eigenvalue weighted by molar-refractivity contribution is 5.77. The quantitative estimate of drug-likeness (QED) is 0.631. The van der Waals surface area contributed by atoms with E-state index in [4.69, 9.17) is 4.74 Å². The zero-order valence-electron chi connectivity index (χ0n) is 19.8. The minimum atomic E-state index is -0.535. The van der Waals surface area contributed by atoms with Crippen molar-refractivity contribution in [2.75, 3.05) is 50.8 Å². The van der Waals surface area contributed by atoms with Crippen LogP contribution in [0.15, 0.2) is 24.5 Å². The summed E-state index contributed by atoms with van der Waals surface area (Å²) in [5.41, 5.74) is 2.56. The summed E-state index contributed by atoms with van der Waals surface area (Å²) in [6.07, 6.45) is 5.78. The number of halogens is 2. The van der Waals surface area contributed by atoms with E-state index in [1.807, 2.05) is 11.8 Å². The minimum Gasteiger partial charge on any atom is -0.450 e. The summed E-state index contributed by atoms with van der Waals surface area (Å²) < 4.78 is 33.4. The number of amides is 1. The van der Waals surface area contributed by atoms with E-state index in [1.165, 1.54) is 18.5 Å². The highest BCUT2D eigenvalue weighted by Gasteiger charge is 2.51. The van der Waals surface area contributed by atoms with Gasteiger partial charge in [-0.15, -0.1) is 0 Å². The lowest BCUT2D eigenvalue weighted by molar-refractivity contribution is -0.00294. The van der Waals surface area contributed by atoms with Crippen molar-refractivity contribution in [3.05, 3.63) is 41.9 Å². The summed E-state index contributed by atoms with van der Waals surface area (Å²) in [6, 6.07) is 3.74. The third kappa shape index (κ3) is 4.21. The van der Waals surface area contributed by atoms with Crippen LogP contribution < -0.4 is 4.90 Å². The molecule has 7 nitrogen and oxygen atoms in total. The first-order chi connectivity index (χ1) is 16.4. The predicted octanol–water partition coefficient (Wildman–Crippen LogP) is 3.86. The maximum Gasteiger partial charge on any atom is 0.409 e. The summed E-state index contributed by atoms with van der Waals surface area (Å²) in [7, 11) is 0. The Bertz CT molecular complexity index is 1070. The maximum absolute atomic E-state index is 14.2. The maximum atomic E-state index is 14.2. The van der Waals surface area contributed by atoms with E-state index in [1.54, 1.807) is 13.0 Å². The molecule has 182 valence electrons. The minimum absolute atomic E-state index is 0.200. The largest absolute Gasteiger partial charge is 0.450 e. The van der Waals surface area contributed by atoms with E-state index in [0.717, 1.165) is 58.5 Å². The number of hydrogen-bond acceptors (Lipinski definition) is 6. The van der Waals surface area contributed by atoms with E-state index in [-0.39, 0.29) is 11.5 Å². The van der Waals surface area contributed by atoms with Gasteiger partial charge in [0.05, 0.1) is 24.2 Å². The van der Waals surface area contributed by atoms with Gasteiger partial charge < -0.3 is 14.5 Å². The van der Waals surface area contributed by atoms with Gasteiger partial charge in [-0.3, -0.25) is 9.88 Å². The Kier molecular flexibility index (Phi) is 6.14. The lowest BCUT2D eigenvalue weighted by Crippen LogP contribution is -2.58. The zero-order chi connectivity index (χ0) is 23.9. The van der Waals surface area contributed by atoms with Gasteiger partial charge in [0.2, 0.25) is 5.95 Å². The number of hydrogen-bond donors (Lipinski definition) is 0. The van der Waals surface area contributed by atoms with Crippen LogP contribution in [0.4, 0.5) is 19.3 Å². The lowest BCUT2D eigenvalue weighted by atomic mass is 9.78. The molecule has 1 spiro atoms. The van der Waals surface area contributed by atoms with Crippen LogP contribution in [-0.4, -0.2) is 77.8 Å². The number of anilines is 1. The van der Waals surface area contributed by atoms with Crippen LogP contribution in [0.1, 0.15) is 31.7 Å². The molecule has 9 heteroatoms. The van der Waals surface area contributed by atoms with E-state index < -0.39 is 11.8 Å². The summed E-state index contributed by atoms with van der Waals surface area (Å²) in [4.78, 5) is 26.5. The van der Waals surface area contributed by atoms with Gasteiger partial charge in [-0.05, 0) is 39.2 Å². The molecular formula is C25H31F2N5O2. The summed E-state index contributed by atoms with van der Waals surface area (Å²) in [5, 5.41) is 0. The fourth-order valence-electron chi connectivity index (χ4n) is 5.85. The molecule has 2 saturated heterocycles. The molecule has 4 heterocycles. The van der Waals surface area contributed by atoms with Gasteiger partial charge in [-0.1, -0.05) is 0 Å². The van der Waals surface area contributed by atoms with E-state index in [2.05, 4.69) is 19.8 Å². The standard InChI is InChI=1S/C25H31F2N5O2/c1-3-34-24(33)32-15-25(16-32)6-4-19(13-25)30-8-10-31(11-9-30)21-12-18(26)14-29-22(21)20-5-7-28-23(27)17(20)2/h5,7,12,14,19H,3-4,6,8-11,13,15-16H2,1-2H3/t19-/m1/s1. The molecule has 0 aromatic carbocycles. The predicted molar refractivity (Wildman–Crippen MR) is 125 cm³/mol. The van der Waals surface area contributed by atoms with Gasteiger partial charge in [0.25, 0.3) is 0 Å². The Labute approximate surface area is 198 Å². The van der Waals surface area contributed by atoms with Crippen LogP contribution in [0.2, 0.25) is 0 Å². The Morgan fingerprint density at radius 1 is 1.21 bits per heavy atom. The fourth-order valence-corrected chi connectivity index (χ4v) is 5.85. The Morgan fingerprint density at radius 2 is 1.97 bits per heavy atom. The number of rotatable bonds is 4. The van der Waals surface area contributed by atoms with Gasteiger partial charge >= 0.3 is 6.09 Å². The topological polar surface area (TPSA) is 61.8 Å². The molecule has 3 aliphatic rings. The first-order valence-corrected chi connectivity index (χ1v) is 12.1. The van der Waals surface area contributed by atoms with Crippen molar-refractivity contribution in [1.29, 1.82) is 0 Å². The van der Waals surface area contributed by atoms with E-state index in [9.17, 15) is 13.6 Å². The van der Waals surface area contributed by atoms with Crippen LogP contribution in [0, 0.1) is 24.1 Å². The number of aromatic nitrogens is 2. The molecule has 2 aromatic heterocycles. The second-order valence-electron chi connectivity index (χ2n) is 9.77. The van der Waals surface area contributed by atoms with Crippen LogP contribution >= 0.6 is 0 Å². The molecule has 1 saturated carbocycles. The smallest absolute Gasteiger partial charge is 0.409 e. The molecule has 5 rings (SSSR count). The Hall–Kier alpha value is -2.81. The molecule has 2 aliphatic heterocycles. The van der Waals surface area contributed by atoms with Crippen molar-refractivity contribution < 1.29 is 18.3 Å². The normalized spacial score (nSPS) is 22.2. The van der Waals surface area contributed by atoms with Crippen molar-refractivity contribution in [1.82, 2.24) is 19.8 Å². The number of nitrogens with zero attached hydrogens (tertiary/aromatic N) is 5. The number of pyridine rings is 2. The second kappa shape index (κ2) is 9.09. The van der Waals surface area contributed by atoms with E-state index in [0.29, 0.717) is 35.2 Å². The summed E-state index contributed by atoms with van der Waals surface area (Å²) in [6.45, 7) is 8.76. The number of piperazine rings is 1. The Morgan fingerprint density at radius 3 is 2.71 bits per heavy atom. The number of carbonyl (C=O) groups is 1. The van der Waals surface area contributed by atoms with Gasteiger partial charge in [-0.2, -0.15) is 4.39 Å². The SMILES string of the molecule is CCOC(=O)N1CC2(CC[C@@H](N3CCN(c4cc(F)cnc4-c4ccnc(F)c4C)CC3)C2)C1. The van der Waals surface area contributed by atoms with Crippen molar-refractivity contribution in [3.8, 4) is 11.3 Å². The van der Waals surface area contributed by atoms with Crippen LogP contribution in [0.25, 0.3) is 11.3 Å². The second-order valence-corrected chi connectivity index (χ2v) is 9.77. The number of ether oxygens (including phenoxy) is 1. The van der Waals surface area contributed by atoms with Crippen LogP contribution in [0.5, 0.6) is 0 Å². The van der Waals surface area contributed by atoms with E-state index >= 15 is 0 Å². The first-order valence-electron chi connectivity index (χ1n) is 12.1. The molecule has 3 fully saturated rings. The first kappa shape index (κ1) is 23.0. The van der Waals surface area contributed by atoms with Crippen molar-refractivity contribution in [3.63, 3.8) is 0 Å². The fraction of sp³-hybridized carbons (Fsp3) is 0.560. The Balaban J connectivity index is 1.23. The molecule has 1 amide bonds. The molecule has 2 aromatic rings. The molecular weight excluding hydrogens is 440 g/mol. The summed E-state index contributed by atoms with van der Waals surface area (Å²) in [5.74, 6) is -0.936. The third-order valence-corrected chi connectivity index (χ3v) is 7.66. The monoisotopic (exact) mass is 471 g/mol.